The summed E-state index contributed by atoms with van der Waals surface area (Å²) in [6.07, 6.45) is 3.95. The van der Waals surface area contributed by atoms with E-state index in [-0.39, 0.29) is 6.42 Å². The van der Waals surface area contributed by atoms with E-state index in [9.17, 15) is 4.79 Å². The summed E-state index contributed by atoms with van der Waals surface area (Å²) in [6.45, 7) is 0. The average molecular weight is 223 g/mol. The first-order chi connectivity index (χ1) is 7.25. The van der Waals surface area contributed by atoms with Gasteiger partial charge in [0, 0.05) is 11.1 Å². The molecule has 0 bridgehead atoms. The predicted octanol–water partition coefficient (Wildman–Crippen LogP) is 2.42. The summed E-state index contributed by atoms with van der Waals surface area (Å²) in [7, 11) is 0. The highest BCUT2D eigenvalue weighted by molar-refractivity contribution is 7.14. The Morgan fingerprint density at radius 1 is 1.60 bits per heavy atom. The maximum absolute atomic E-state index is 10.4. The molecule has 0 aliphatic carbocycles. The molecule has 0 saturated carbocycles. The lowest BCUT2D eigenvalue weighted by molar-refractivity contribution is -0.136. The highest BCUT2D eigenvalue weighted by Crippen LogP contribution is 2.25. The molecule has 0 fully saturated rings. The second-order valence-electron chi connectivity index (χ2n) is 3.00. The molecule has 5 heteroatoms. The Labute approximate surface area is 90.2 Å². The van der Waals surface area contributed by atoms with Gasteiger partial charge >= 0.3 is 5.97 Å². The molecule has 2 aromatic heterocycles. The molecule has 0 aromatic carbocycles. The first-order valence-corrected chi connectivity index (χ1v) is 5.28. The Morgan fingerprint density at radius 2 is 2.47 bits per heavy atom. The van der Waals surface area contributed by atoms with Crippen LogP contribution in [0.2, 0.25) is 0 Å². The third-order valence-electron chi connectivity index (χ3n) is 1.87. The summed E-state index contributed by atoms with van der Waals surface area (Å²) in [5.74, 6) is -0.0653. The van der Waals surface area contributed by atoms with E-state index in [1.165, 1.54) is 11.3 Å². The molecule has 0 radical (unpaired) electrons. The van der Waals surface area contributed by atoms with Crippen LogP contribution in [-0.2, 0) is 11.2 Å². The number of carbonyl (C=O) groups is 1. The van der Waals surface area contributed by atoms with E-state index < -0.39 is 5.97 Å². The lowest BCUT2D eigenvalue weighted by atomic mass is 10.3. The number of nitrogens with zero attached hydrogens (tertiary/aromatic N) is 1. The molecule has 0 unspecified atom stereocenters. The summed E-state index contributed by atoms with van der Waals surface area (Å²) in [5, 5.41) is 9.32. The van der Waals surface area contributed by atoms with E-state index in [4.69, 9.17) is 9.52 Å². The van der Waals surface area contributed by atoms with Crippen molar-refractivity contribution in [1.82, 2.24) is 4.98 Å². The summed E-state index contributed by atoms with van der Waals surface area (Å²) < 4.78 is 5.19. The van der Waals surface area contributed by atoms with Crippen LogP contribution in [-0.4, -0.2) is 16.1 Å². The van der Waals surface area contributed by atoms with Crippen LogP contribution in [0.5, 0.6) is 0 Å². The van der Waals surface area contributed by atoms with Gasteiger partial charge in [0.15, 0.2) is 10.8 Å². The number of aromatic nitrogens is 1. The molecule has 1 N–H and O–H groups in total. The fourth-order valence-corrected chi connectivity index (χ4v) is 2.05. The van der Waals surface area contributed by atoms with Crippen LogP contribution in [0, 0.1) is 0 Å². The SMILES string of the molecule is O=C(O)CCc1cnc(-c2ccco2)s1. The zero-order valence-electron chi connectivity index (χ0n) is 7.84. The highest BCUT2D eigenvalue weighted by Gasteiger charge is 2.07. The Hall–Kier alpha value is -1.62. The van der Waals surface area contributed by atoms with E-state index in [0.29, 0.717) is 6.42 Å². The third-order valence-corrected chi connectivity index (χ3v) is 2.94. The van der Waals surface area contributed by atoms with Crippen molar-refractivity contribution in [3.63, 3.8) is 0 Å². The highest BCUT2D eigenvalue weighted by atomic mass is 32.1. The van der Waals surface area contributed by atoms with Crippen molar-refractivity contribution in [3.8, 4) is 10.8 Å². The monoisotopic (exact) mass is 223 g/mol. The van der Waals surface area contributed by atoms with Crippen molar-refractivity contribution in [1.29, 1.82) is 0 Å². The fourth-order valence-electron chi connectivity index (χ4n) is 1.17. The van der Waals surface area contributed by atoms with Crippen LogP contribution < -0.4 is 0 Å². The van der Waals surface area contributed by atoms with E-state index in [2.05, 4.69) is 4.98 Å². The van der Waals surface area contributed by atoms with Gasteiger partial charge in [-0.3, -0.25) is 4.79 Å². The molecule has 4 nitrogen and oxygen atoms in total. The van der Waals surface area contributed by atoms with Gasteiger partial charge in [-0.25, -0.2) is 4.98 Å². The predicted molar refractivity (Wildman–Crippen MR) is 55.8 cm³/mol. The molecule has 0 atom stereocenters. The van der Waals surface area contributed by atoms with Crippen LogP contribution in [0.3, 0.4) is 0 Å². The van der Waals surface area contributed by atoms with Crippen molar-refractivity contribution in [2.75, 3.05) is 0 Å². The Kier molecular flexibility index (Phi) is 2.82. The number of rotatable bonds is 4. The average Bonchev–Trinajstić information content (AvgIpc) is 2.85. The third kappa shape index (κ3) is 2.44. The molecule has 15 heavy (non-hydrogen) atoms. The lowest BCUT2D eigenvalue weighted by Crippen LogP contribution is -1.95. The maximum atomic E-state index is 10.4. The number of hydrogen-bond acceptors (Lipinski definition) is 4. The molecule has 0 amide bonds. The summed E-state index contributed by atoms with van der Waals surface area (Å²) in [4.78, 5) is 15.5. The Balaban J connectivity index is 2.08. The van der Waals surface area contributed by atoms with Crippen molar-refractivity contribution in [3.05, 3.63) is 29.5 Å². The number of aryl methyl sites for hydroxylation is 1. The fraction of sp³-hybridized carbons (Fsp3) is 0.200. The Morgan fingerprint density at radius 3 is 3.13 bits per heavy atom. The molecule has 2 aromatic rings. The zero-order chi connectivity index (χ0) is 10.7. The number of furan rings is 1. The standard InChI is InChI=1S/C10H9NO3S/c12-9(13)4-3-7-6-11-10(15-7)8-2-1-5-14-8/h1-2,5-6H,3-4H2,(H,12,13). The van der Waals surface area contributed by atoms with E-state index in [0.717, 1.165) is 15.6 Å². The van der Waals surface area contributed by atoms with Gasteiger partial charge in [-0.05, 0) is 18.6 Å². The number of thiazole rings is 1. The van der Waals surface area contributed by atoms with E-state index in [1.54, 1.807) is 18.5 Å². The molecule has 0 aliphatic rings. The quantitative estimate of drug-likeness (QED) is 0.864. The second kappa shape index (κ2) is 4.27. The second-order valence-corrected chi connectivity index (χ2v) is 4.12. The normalized spacial score (nSPS) is 10.4. The number of carboxylic acids is 1. The van der Waals surface area contributed by atoms with Gasteiger partial charge in [0.1, 0.15) is 0 Å². The molecular formula is C10H9NO3S. The van der Waals surface area contributed by atoms with E-state index >= 15 is 0 Å². The van der Waals surface area contributed by atoms with Gasteiger partial charge in [-0.2, -0.15) is 0 Å². The van der Waals surface area contributed by atoms with Crippen molar-refractivity contribution < 1.29 is 14.3 Å². The minimum atomic E-state index is -0.789. The number of hydrogen-bond donors (Lipinski definition) is 1. The van der Waals surface area contributed by atoms with Crippen molar-refractivity contribution in [2.24, 2.45) is 0 Å². The van der Waals surface area contributed by atoms with Gasteiger partial charge in [0.2, 0.25) is 0 Å². The number of aliphatic carboxylic acids is 1. The van der Waals surface area contributed by atoms with Crippen LogP contribution >= 0.6 is 11.3 Å². The molecule has 78 valence electrons. The van der Waals surface area contributed by atoms with Gasteiger partial charge in [0.05, 0.1) is 12.7 Å². The zero-order valence-corrected chi connectivity index (χ0v) is 8.66. The first kappa shape index (κ1) is 9.92. The van der Waals surface area contributed by atoms with Gasteiger partial charge < -0.3 is 9.52 Å². The van der Waals surface area contributed by atoms with Crippen LogP contribution in [0.25, 0.3) is 10.8 Å². The molecular weight excluding hydrogens is 214 g/mol. The molecule has 2 heterocycles. The minimum Gasteiger partial charge on any atom is -0.481 e. The van der Waals surface area contributed by atoms with Crippen LogP contribution in [0.1, 0.15) is 11.3 Å². The first-order valence-electron chi connectivity index (χ1n) is 4.46. The smallest absolute Gasteiger partial charge is 0.303 e. The van der Waals surface area contributed by atoms with Gasteiger partial charge in [-0.15, -0.1) is 11.3 Å². The Bertz CT molecular complexity index is 447. The molecule has 0 saturated heterocycles. The van der Waals surface area contributed by atoms with E-state index in [1.807, 2.05) is 6.07 Å². The lowest BCUT2D eigenvalue weighted by Gasteiger charge is -1.90. The summed E-state index contributed by atoms with van der Waals surface area (Å²) in [5.41, 5.74) is 0. The van der Waals surface area contributed by atoms with Gasteiger partial charge in [0.25, 0.3) is 0 Å². The van der Waals surface area contributed by atoms with Gasteiger partial charge in [-0.1, -0.05) is 0 Å². The summed E-state index contributed by atoms with van der Waals surface area (Å²) in [6, 6.07) is 3.63. The van der Waals surface area contributed by atoms with Crippen LogP contribution in [0.4, 0.5) is 0 Å². The summed E-state index contributed by atoms with van der Waals surface area (Å²) >= 11 is 1.46. The molecule has 2 rings (SSSR count). The molecule has 0 aliphatic heterocycles. The maximum Gasteiger partial charge on any atom is 0.303 e. The largest absolute Gasteiger partial charge is 0.481 e. The van der Waals surface area contributed by atoms with Crippen LogP contribution in [0.15, 0.2) is 29.0 Å². The number of carboxylic acid groups (broad SMARTS) is 1. The van der Waals surface area contributed by atoms with Crippen molar-refractivity contribution in [2.45, 2.75) is 12.8 Å². The topological polar surface area (TPSA) is 63.3 Å². The molecule has 0 spiro atoms. The minimum absolute atomic E-state index is 0.139. The van der Waals surface area contributed by atoms with Crippen molar-refractivity contribution >= 4 is 17.3 Å².